The molecule has 0 amide bonds. The highest BCUT2D eigenvalue weighted by Gasteiger charge is 2.18. The predicted molar refractivity (Wildman–Crippen MR) is 74.2 cm³/mol. The molecule has 0 saturated carbocycles. The van der Waals surface area contributed by atoms with Crippen LogP contribution < -0.4 is 0 Å². The Morgan fingerprint density at radius 2 is 1.84 bits per heavy atom. The van der Waals surface area contributed by atoms with Crippen LogP contribution in [-0.4, -0.2) is 5.11 Å². The second-order valence-corrected chi connectivity index (χ2v) is 5.33. The summed E-state index contributed by atoms with van der Waals surface area (Å²) in [5, 5.41) is 10.1. The molecule has 0 bridgehead atoms. The topological polar surface area (TPSA) is 20.2 Å². The van der Waals surface area contributed by atoms with Gasteiger partial charge in [0, 0.05) is 16.5 Å². The van der Waals surface area contributed by atoms with Gasteiger partial charge >= 0.3 is 0 Å². The van der Waals surface area contributed by atoms with Crippen LogP contribution in [0.3, 0.4) is 0 Å². The van der Waals surface area contributed by atoms with Crippen molar-refractivity contribution >= 4 is 27.5 Å². The largest absolute Gasteiger partial charge is 0.388 e. The molecule has 0 aliphatic heterocycles. The van der Waals surface area contributed by atoms with Crippen LogP contribution >= 0.6 is 27.5 Å². The zero-order chi connectivity index (χ0) is 14.0. The first-order valence-electron chi connectivity index (χ1n) is 5.55. The zero-order valence-electron chi connectivity index (χ0n) is 9.71. The maximum Gasteiger partial charge on any atom is 0.145 e. The van der Waals surface area contributed by atoms with E-state index in [0.717, 1.165) is 0 Å². The predicted octanol–water partition coefficient (Wildman–Crippen LogP) is 4.66. The molecular formula is C14H10BrClF2O. The van der Waals surface area contributed by atoms with E-state index < -0.39 is 17.7 Å². The molecule has 0 radical (unpaired) electrons. The third-order valence-electron chi connectivity index (χ3n) is 2.78. The average molecular weight is 348 g/mol. The van der Waals surface area contributed by atoms with Crippen LogP contribution in [0.2, 0.25) is 5.02 Å². The van der Waals surface area contributed by atoms with Crippen molar-refractivity contribution in [2.24, 2.45) is 0 Å². The van der Waals surface area contributed by atoms with E-state index in [1.165, 1.54) is 24.3 Å². The zero-order valence-corrected chi connectivity index (χ0v) is 12.0. The van der Waals surface area contributed by atoms with Gasteiger partial charge in [-0.25, -0.2) is 8.78 Å². The first-order chi connectivity index (χ1) is 9.00. The average Bonchev–Trinajstić information content (AvgIpc) is 2.35. The number of halogens is 4. The van der Waals surface area contributed by atoms with Gasteiger partial charge in [-0.05, 0) is 23.8 Å². The Hall–Kier alpha value is -0.970. The van der Waals surface area contributed by atoms with Crippen LogP contribution in [0.15, 0.2) is 40.9 Å². The van der Waals surface area contributed by atoms with Crippen LogP contribution in [0.5, 0.6) is 0 Å². The van der Waals surface area contributed by atoms with Gasteiger partial charge in [-0.15, -0.1) is 0 Å². The smallest absolute Gasteiger partial charge is 0.145 e. The summed E-state index contributed by atoms with van der Waals surface area (Å²) >= 11 is 8.84. The summed E-state index contributed by atoms with van der Waals surface area (Å²) in [6.07, 6.45) is -1.20. The Bertz CT molecular complexity index is 584. The van der Waals surface area contributed by atoms with E-state index in [9.17, 15) is 13.9 Å². The van der Waals surface area contributed by atoms with Gasteiger partial charge in [0.1, 0.15) is 11.6 Å². The molecule has 100 valence electrons. The van der Waals surface area contributed by atoms with Crippen molar-refractivity contribution in [2.45, 2.75) is 12.5 Å². The fourth-order valence-corrected chi connectivity index (χ4v) is 2.65. The molecule has 19 heavy (non-hydrogen) atoms. The van der Waals surface area contributed by atoms with Gasteiger partial charge in [0.05, 0.1) is 11.1 Å². The molecule has 1 nitrogen and oxygen atoms in total. The summed E-state index contributed by atoms with van der Waals surface area (Å²) in [6.45, 7) is 0. The van der Waals surface area contributed by atoms with Crippen molar-refractivity contribution in [3.8, 4) is 0 Å². The Balaban J connectivity index is 2.31. The number of aliphatic hydroxyl groups excluding tert-OH is 1. The SMILES string of the molecule is OC(Cc1cccc(Cl)c1F)c1c(F)cccc1Br. The van der Waals surface area contributed by atoms with Crippen LogP contribution in [0.4, 0.5) is 8.78 Å². The number of hydrogen-bond donors (Lipinski definition) is 1. The van der Waals surface area contributed by atoms with Crippen molar-refractivity contribution in [3.05, 3.63) is 68.7 Å². The summed E-state index contributed by atoms with van der Waals surface area (Å²) in [4.78, 5) is 0. The quantitative estimate of drug-likeness (QED) is 0.856. The molecule has 1 N–H and O–H groups in total. The minimum atomic E-state index is -1.15. The van der Waals surface area contributed by atoms with Crippen LogP contribution in [0.1, 0.15) is 17.2 Å². The summed E-state index contributed by atoms with van der Waals surface area (Å²) < 4.78 is 27.9. The Morgan fingerprint density at radius 1 is 1.16 bits per heavy atom. The van der Waals surface area contributed by atoms with Gasteiger partial charge in [0.15, 0.2) is 0 Å². The van der Waals surface area contributed by atoms with Crippen LogP contribution in [0, 0.1) is 11.6 Å². The highest BCUT2D eigenvalue weighted by atomic mass is 79.9. The highest BCUT2D eigenvalue weighted by molar-refractivity contribution is 9.10. The first kappa shape index (κ1) is 14.4. The van der Waals surface area contributed by atoms with E-state index in [-0.39, 0.29) is 22.6 Å². The summed E-state index contributed by atoms with van der Waals surface area (Å²) in [5.74, 6) is -1.13. The van der Waals surface area contributed by atoms with E-state index in [2.05, 4.69) is 15.9 Å². The summed E-state index contributed by atoms with van der Waals surface area (Å²) in [7, 11) is 0. The van der Waals surface area contributed by atoms with Crippen LogP contribution in [0.25, 0.3) is 0 Å². The maximum absolute atomic E-state index is 13.7. The minimum Gasteiger partial charge on any atom is -0.388 e. The Morgan fingerprint density at radius 3 is 2.53 bits per heavy atom. The second kappa shape index (κ2) is 5.99. The van der Waals surface area contributed by atoms with E-state index in [1.807, 2.05) is 0 Å². The summed E-state index contributed by atoms with van der Waals surface area (Å²) in [6, 6.07) is 8.91. The van der Waals surface area contributed by atoms with Crippen molar-refractivity contribution in [2.75, 3.05) is 0 Å². The van der Waals surface area contributed by atoms with Gasteiger partial charge in [-0.3, -0.25) is 0 Å². The molecule has 2 rings (SSSR count). The molecule has 0 spiro atoms. The van der Waals surface area contributed by atoms with E-state index in [0.29, 0.717) is 4.47 Å². The van der Waals surface area contributed by atoms with Crippen molar-refractivity contribution in [1.29, 1.82) is 0 Å². The number of benzene rings is 2. The second-order valence-electron chi connectivity index (χ2n) is 4.07. The Labute approximate surface area is 123 Å². The van der Waals surface area contributed by atoms with E-state index >= 15 is 0 Å². The van der Waals surface area contributed by atoms with Gasteiger partial charge in [0.25, 0.3) is 0 Å². The molecule has 0 aliphatic carbocycles. The molecular weight excluding hydrogens is 338 g/mol. The van der Waals surface area contributed by atoms with Gasteiger partial charge < -0.3 is 5.11 Å². The number of aliphatic hydroxyl groups is 1. The Kier molecular flexibility index (Phi) is 4.55. The number of hydrogen-bond acceptors (Lipinski definition) is 1. The van der Waals surface area contributed by atoms with Gasteiger partial charge in [0.2, 0.25) is 0 Å². The molecule has 0 fully saturated rings. The molecule has 2 aromatic carbocycles. The fourth-order valence-electron chi connectivity index (χ4n) is 1.85. The van der Waals surface area contributed by atoms with Gasteiger partial charge in [-0.2, -0.15) is 0 Å². The molecule has 5 heteroatoms. The van der Waals surface area contributed by atoms with Crippen molar-refractivity contribution in [3.63, 3.8) is 0 Å². The monoisotopic (exact) mass is 346 g/mol. The lowest BCUT2D eigenvalue weighted by Crippen LogP contribution is -2.07. The lowest BCUT2D eigenvalue weighted by Gasteiger charge is -2.14. The molecule has 0 aliphatic rings. The van der Waals surface area contributed by atoms with Crippen molar-refractivity contribution in [1.82, 2.24) is 0 Å². The maximum atomic E-state index is 13.7. The summed E-state index contributed by atoms with van der Waals surface area (Å²) in [5.41, 5.74) is 0.358. The van der Waals surface area contributed by atoms with E-state index in [1.54, 1.807) is 12.1 Å². The molecule has 0 heterocycles. The highest BCUT2D eigenvalue weighted by Crippen LogP contribution is 2.30. The third kappa shape index (κ3) is 3.14. The van der Waals surface area contributed by atoms with Crippen molar-refractivity contribution < 1.29 is 13.9 Å². The lowest BCUT2D eigenvalue weighted by atomic mass is 10.0. The molecule has 0 saturated heterocycles. The lowest BCUT2D eigenvalue weighted by molar-refractivity contribution is 0.171. The molecule has 1 unspecified atom stereocenters. The fraction of sp³-hybridized carbons (Fsp3) is 0.143. The minimum absolute atomic E-state index is 0.0164. The van der Waals surface area contributed by atoms with Gasteiger partial charge in [-0.1, -0.05) is 45.7 Å². The first-order valence-corrected chi connectivity index (χ1v) is 6.72. The standard InChI is InChI=1S/C14H10BrClF2O/c15-9-4-2-6-11(17)13(9)12(19)7-8-3-1-5-10(16)14(8)18/h1-6,12,19H,7H2. The molecule has 1 atom stereocenters. The number of rotatable bonds is 3. The molecule has 0 aromatic heterocycles. The normalized spacial score (nSPS) is 12.5. The van der Waals surface area contributed by atoms with E-state index in [4.69, 9.17) is 11.6 Å². The van der Waals surface area contributed by atoms with Crippen LogP contribution in [-0.2, 0) is 6.42 Å². The molecule has 2 aromatic rings. The third-order valence-corrected chi connectivity index (χ3v) is 3.76.